The molecule has 1 N–H and O–H groups in total. The summed E-state index contributed by atoms with van der Waals surface area (Å²) in [6, 6.07) is 0. The van der Waals surface area contributed by atoms with Crippen LogP contribution in [0.3, 0.4) is 0 Å². The summed E-state index contributed by atoms with van der Waals surface area (Å²) < 4.78 is 11.0. The van der Waals surface area contributed by atoms with Crippen molar-refractivity contribution in [2.24, 2.45) is 4.99 Å². The highest BCUT2D eigenvalue weighted by Gasteiger charge is 2.22. The lowest BCUT2D eigenvalue weighted by molar-refractivity contribution is 0.0258. The first kappa shape index (κ1) is 20.5. The second-order valence-electron chi connectivity index (χ2n) is 7.02. The average Bonchev–Trinajstić information content (AvgIpc) is 2.51. The lowest BCUT2D eigenvalue weighted by Gasteiger charge is -2.34. The van der Waals surface area contributed by atoms with Crippen LogP contribution in [0.5, 0.6) is 0 Å². The summed E-state index contributed by atoms with van der Waals surface area (Å²) in [5.74, 6) is 0.877. The topological polar surface area (TPSA) is 66.4 Å². The maximum absolute atomic E-state index is 11.9. The summed E-state index contributed by atoms with van der Waals surface area (Å²) in [7, 11) is 3.53. The van der Waals surface area contributed by atoms with E-state index < -0.39 is 5.60 Å². The number of likely N-dealkylation sites (tertiary alicyclic amines) is 1. The van der Waals surface area contributed by atoms with Crippen molar-refractivity contribution < 1.29 is 14.3 Å². The Kier molecular flexibility index (Phi) is 8.31. The third-order valence-electron chi connectivity index (χ3n) is 3.79. The van der Waals surface area contributed by atoms with Gasteiger partial charge in [-0.1, -0.05) is 0 Å². The number of nitrogens with zero attached hydrogens (tertiary/aromatic N) is 3. The Labute approximate surface area is 146 Å². The molecule has 0 bridgehead atoms. The van der Waals surface area contributed by atoms with E-state index >= 15 is 0 Å². The van der Waals surface area contributed by atoms with Gasteiger partial charge >= 0.3 is 6.09 Å². The van der Waals surface area contributed by atoms with E-state index in [0.717, 1.165) is 38.5 Å². The molecular formula is C17H34N4O3. The number of hydrogen-bond donors (Lipinski definition) is 1. The summed E-state index contributed by atoms with van der Waals surface area (Å²) in [6.45, 7) is 11.5. The van der Waals surface area contributed by atoms with E-state index in [1.54, 1.807) is 19.0 Å². The van der Waals surface area contributed by atoms with Gasteiger partial charge in [-0.05, 0) is 40.5 Å². The molecule has 1 amide bonds. The highest BCUT2D eigenvalue weighted by molar-refractivity contribution is 5.80. The lowest BCUT2D eigenvalue weighted by atomic mass is 10.1. The van der Waals surface area contributed by atoms with Gasteiger partial charge in [0.2, 0.25) is 0 Å². The number of carbonyl (C=O) groups excluding carboxylic acids is 1. The van der Waals surface area contributed by atoms with Crippen molar-refractivity contribution in [2.75, 3.05) is 46.9 Å². The van der Waals surface area contributed by atoms with Gasteiger partial charge in [0.15, 0.2) is 5.96 Å². The van der Waals surface area contributed by atoms with E-state index in [1.807, 2.05) is 27.7 Å². The number of aliphatic imine (C=N–C) groups is 1. The van der Waals surface area contributed by atoms with Crippen molar-refractivity contribution >= 4 is 12.1 Å². The summed E-state index contributed by atoms with van der Waals surface area (Å²) in [5, 5.41) is 3.32. The number of nitrogens with one attached hydrogen (secondary N) is 1. The molecular weight excluding hydrogens is 308 g/mol. The van der Waals surface area contributed by atoms with E-state index in [2.05, 4.69) is 15.2 Å². The minimum Gasteiger partial charge on any atom is -0.444 e. The molecule has 0 aliphatic carbocycles. The molecule has 0 spiro atoms. The number of ether oxygens (including phenoxy) is 2. The van der Waals surface area contributed by atoms with Gasteiger partial charge < -0.3 is 24.6 Å². The van der Waals surface area contributed by atoms with Crippen LogP contribution < -0.4 is 5.32 Å². The largest absolute Gasteiger partial charge is 0.444 e. The van der Waals surface area contributed by atoms with Gasteiger partial charge in [-0.25, -0.2) is 4.79 Å². The third-order valence-corrected chi connectivity index (χ3v) is 3.79. The quantitative estimate of drug-likeness (QED) is 0.611. The molecule has 7 nitrogen and oxygen atoms in total. The number of piperidine rings is 1. The second kappa shape index (κ2) is 9.71. The first-order valence-electron chi connectivity index (χ1n) is 8.78. The zero-order valence-electron chi connectivity index (χ0n) is 16.1. The standard InChI is InChI=1S/C17H34N4O3/c1-7-23-14-8-11-21(12-9-14)15(18-5)19-10-13-20(6)16(22)24-17(2,3)4/h14H,7-13H2,1-6H3,(H,18,19). The Bertz CT molecular complexity index is 413. The molecule has 1 aliphatic heterocycles. The van der Waals surface area contributed by atoms with Crippen molar-refractivity contribution in [2.45, 2.75) is 52.2 Å². The summed E-state index contributed by atoms with van der Waals surface area (Å²) in [5.41, 5.74) is -0.473. The number of hydrogen-bond acceptors (Lipinski definition) is 4. The van der Waals surface area contributed by atoms with Crippen molar-refractivity contribution in [3.8, 4) is 0 Å². The Morgan fingerprint density at radius 1 is 1.33 bits per heavy atom. The fourth-order valence-corrected chi connectivity index (χ4v) is 2.57. The Hall–Kier alpha value is -1.50. The van der Waals surface area contributed by atoms with Crippen LogP contribution in [0.4, 0.5) is 4.79 Å². The highest BCUT2D eigenvalue weighted by atomic mass is 16.6. The molecule has 1 saturated heterocycles. The van der Waals surface area contributed by atoms with Crippen LogP contribution in [0, 0.1) is 0 Å². The third kappa shape index (κ3) is 7.38. The van der Waals surface area contributed by atoms with E-state index in [1.165, 1.54) is 0 Å². The molecule has 7 heteroatoms. The van der Waals surface area contributed by atoms with Crippen LogP contribution in [0.2, 0.25) is 0 Å². The normalized spacial score (nSPS) is 16.9. The van der Waals surface area contributed by atoms with Crippen LogP contribution in [-0.2, 0) is 9.47 Å². The molecule has 0 aromatic carbocycles. The van der Waals surface area contributed by atoms with Gasteiger partial charge in [-0.2, -0.15) is 0 Å². The van der Waals surface area contributed by atoms with E-state index in [-0.39, 0.29) is 6.09 Å². The minimum absolute atomic E-state index is 0.309. The van der Waals surface area contributed by atoms with Gasteiger partial charge in [0, 0.05) is 46.9 Å². The first-order valence-corrected chi connectivity index (χ1v) is 8.78. The van der Waals surface area contributed by atoms with Crippen LogP contribution in [-0.4, -0.2) is 80.4 Å². The second-order valence-corrected chi connectivity index (χ2v) is 7.02. The number of guanidine groups is 1. The molecule has 0 radical (unpaired) electrons. The van der Waals surface area contributed by atoms with Gasteiger partial charge in [0.1, 0.15) is 5.60 Å². The van der Waals surface area contributed by atoms with Crippen molar-refractivity contribution in [3.63, 3.8) is 0 Å². The monoisotopic (exact) mass is 342 g/mol. The van der Waals surface area contributed by atoms with Gasteiger partial charge in [0.25, 0.3) is 0 Å². The Morgan fingerprint density at radius 2 is 1.96 bits per heavy atom. The number of likely N-dealkylation sites (N-methyl/N-ethyl adjacent to an activating group) is 1. The predicted molar refractivity (Wildman–Crippen MR) is 96.4 cm³/mol. The Morgan fingerprint density at radius 3 is 2.46 bits per heavy atom. The van der Waals surface area contributed by atoms with E-state index in [4.69, 9.17) is 9.47 Å². The molecule has 140 valence electrons. The lowest BCUT2D eigenvalue weighted by Crippen LogP contribution is -2.48. The first-order chi connectivity index (χ1) is 11.3. The fourth-order valence-electron chi connectivity index (χ4n) is 2.57. The van der Waals surface area contributed by atoms with Gasteiger partial charge in [-0.3, -0.25) is 4.99 Å². The van der Waals surface area contributed by atoms with Crippen molar-refractivity contribution in [3.05, 3.63) is 0 Å². The van der Waals surface area contributed by atoms with Crippen LogP contribution in [0.1, 0.15) is 40.5 Å². The molecule has 0 saturated carbocycles. The average molecular weight is 342 g/mol. The fraction of sp³-hybridized carbons (Fsp3) is 0.882. The number of rotatable bonds is 5. The summed E-state index contributed by atoms with van der Waals surface area (Å²) in [6.07, 6.45) is 2.10. The SMILES string of the molecule is CCOC1CCN(C(=NC)NCCN(C)C(=O)OC(C)(C)C)CC1. The molecule has 1 heterocycles. The summed E-state index contributed by atoms with van der Waals surface area (Å²) >= 11 is 0. The van der Waals surface area contributed by atoms with Crippen molar-refractivity contribution in [1.82, 2.24) is 15.1 Å². The Balaban J connectivity index is 2.33. The molecule has 0 aromatic rings. The zero-order chi connectivity index (χ0) is 18.2. The molecule has 0 atom stereocenters. The molecule has 24 heavy (non-hydrogen) atoms. The van der Waals surface area contributed by atoms with Crippen LogP contribution >= 0.6 is 0 Å². The van der Waals surface area contributed by atoms with Crippen molar-refractivity contribution in [1.29, 1.82) is 0 Å². The van der Waals surface area contributed by atoms with E-state index in [0.29, 0.717) is 19.2 Å². The van der Waals surface area contributed by atoms with Gasteiger partial charge in [-0.15, -0.1) is 0 Å². The number of carbonyl (C=O) groups is 1. The van der Waals surface area contributed by atoms with Gasteiger partial charge in [0.05, 0.1) is 6.10 Å². The van der Waals surface area contributed by atoms with Crippen LogP contribution in [0.25, 0.3) is 0 Å². The van der Waals surface area contributed by atoms with Crippen LogP contribution in [0.15, 0.2) is 4.99 Å². The maximum atomic E-state index is 11.9. The minimum atomic E-state index is -0.473. The smallest absolute Gasteiger partial charge is 0.410 e. The maximum Gasteiger partial charge on any atom is 0.410 e. The molecule has 1 aliphatic rings. The molecule has 0 unspecified atom stereocenters. The molecule has 1 rings (SSSR count). The zero-order valence-corrected chi connectivity index (χ0v) is 16.1. The molecule has 1 fully saturated rings. The summed E-state index contributed by atoms with van der Waals surface area (Å²) in [4.78, 5) is 20.1. The van der Waals surface area contributed by atoms with E-state index in [9.17, 15) is 4.79 Å². The number of amides is 1. The highest BCUT2D eigenvalue weighted by Crippen LogP contribution is 2.13. The molecule has 0 aromatic heterocycles. The predicted octanol–water partition coefficient (Wildman–Crippen LogP) is 1.93.